The van der Waals surface area contributed by atoms with Crippen molar-refractivity contribution in [2.45, 2.75) is 13.2 Å². The largest absolute Gasteiger partial charge is 0.467 e. The minimum absolute atomic E-state index is 0.0899. The van der Waals surface area contributed by atoms with Gasteiger partial charge in [0.05, 0.1) is 19.5 Å². The number of imidazole rings is 1. The fourth-order valence-corrected chi connectivity index (χ4v) is 3.07. The molecule has 1 aliphatic heterocycles. The molecule has 0 saturated heterocycles. The third kappa shape index (κ3) is 2.35. The summed E-state index contributed by atoms with van der Waals surface area (Å²) in [5.41, 5.74) is 0.841. The Morgan fingerprint density at radius 2 is 2.04 bits per heavy atom. The van der Waals surface area contributed by atoms with Crippen LogP contribution in [0.25, 0.3) is 11.2 Å². The summed E-state index contributed by atoms with van der Waals surface area (Å²) >= 11 is 0. The van der Waals surface area contributed by atoms with Crippen molar-refractivity contribution in [2.75, 3.05) is 6.79 Å². The van der Waals surface area contributed by atoms with Crippen molar-refractivity contribution in [3.63, 3.8) is 0 Å². The van der Waals surface area contributed by atoms with E-state index in [0.717, 1.165) is 4.57 Å². The quantitative estimate of drug-likeness (QED) is 0.675. The number of hydrogen-bond donors (Lipinski definition) is 0. The molecular weight excluding hydrogens is 331 g/mol. The van der Waals surface area contributed by atoms with Gasteiger partial charge in [0.15, 0.2) is 18.0 Å². The summed E-state index contributed by atoms with van der Waals surface area (Å²) in [6.45, 7) is 0.539. The van der Waals surface area contributed by atoms with Crippen molar-refractivity contribution in [2.24, 2.45) is 14.1 Å². The number of aryl methyl sites for hydroxylation is 1. The first-order valence-electron chi connectivity index (χ1n) is 7.60. The molecule has 25 heavy (non-hydrogen) atoms. The van der Waals surface area contributed by atoms with E-state index in [0.29, 0.717) is 16.9 Å². The van der Waals surface area contributed by atoms with Crippen molar-refractivity contribution in [1.29, 1.82) is 0 Å². The SMILES string of the molecule is Cn1c(=O)c2c(ncn2Cc2cc(F)cc3c2OCOC3)n(C)c1=O. The van der Waals surface area contributed by atoms with Crippen LogP contribution in [0, 0.1) is 5.82 Å². The van der Waals surface area contributed by atoms with Crippen molar-refractivity contribution in [1.82, 2.24) is 18.7 Å². The number of fused-ring (bicyclic) bond motifs is 2. The molecule has 4 rings (SSSR count). The first-order chi connectivity index (χ1) is 12.0. The Hall–Kier alpha value is -2.94. The third-order valence-electron chi connectivity index (χ3n) is 4.31. The number of halogens is 1. The Morgan fingerprint density at radius 3 is 2.84 bits per heavy atom. The molecule has 0 radical (unpaired) electrons. The Kier molecular flexibility index (Phi) is 3.46. The van der Waals surface area contributed by atoms with Gasteiger partial charge in [-0.05, 0) is 12.1 Å². The lowest BCUT2D eigenvalue weighted by Gasteiger charge is -2.21. The maximum atomic E-state index is 13.9. The van der Waals surface area contributed by atoms with E-state index in [4.69, 9.17) is 9.47 Å². The van der Waals surface area contributed by atoms with E-state index in [1.54, 1.807) is 11.6 Å². The molecule has 3 aromatic rings. The molecule has 2 aromatic heterocycles. The number of hydrogen-bond acceptors (Lipinski definition) is 5. The standard InChI is InChI=1S/C16H15FN4O4/c1-19-14-12(15(22)20(2)16(19)23)21(7-18-14)5-9-3-11(17)4-10-6-24-8-25-13(9)10/h3-4,7H,5-6,8H2,1-2H3. The molecular formula is C16H15FN4O4. The fraction of sp³-hybridized carbons (Fsp3) is 0.312. The predicted octanol–water partition coefficient (Wildman–Crippen LogP) is 0.488. The Morgan fingerprint density at radius 1 is 1.24 bits per heavy atom. The fourth-order valence-electron chi connectivity index (χ4n) is 3.07. The highest BCUT2D eigenvalue weighted by atomic mass is 19.1. The lowest BCUT2D eigenvalue weighted by atomic mass is 10.1. The van der Waals surface area contributed by atoms with Gasteiger partial charge in [-0.2, -0.15) is 0 Å². The van der Waals surface area contributed by atoms with Gasteiger partial charge in [-0.25, -0.2) is 14.2 Å². The molecule has 130 valence electrons. The van der Waals surface area contributed by atoms with Crippen molar-refractivity contribution >= 4 is 11.2 Å². The number of rotatable bonds is 2. The maximum Gasteiger partial charge on any atom is 0.332 e. The van der Waals surface area contributed by atoms with Gasteiger partial charge in [0, 0.05) is 25.2 Å². The summed E-state index contributed by atoms with van der Waals surface area (Å²) in [5.74, 6) is 0.142. The van der Waals surface area contributed by atoms with E-state index in [-0.39, 0.29) is 31.1 Å². The van der Waals surface area contributed by atoms with E-state index in [1.807, 2.05) is 0 Å². The molecule has 0 saturated carbocycles. The molecule has 8 nitrogen and oxygen atoms in total. The van der Waals surface area contributed by atoms with Crippen LogP contribution in [0.2, 0.25) is 0 Å². The van der Waals surface area contributed by atoms with Crippen LogP contribution in [0.15, 0.2) is 28.0 Å². The zero-order chi connectivity index (χ0) is 17.7. The molecule has 0 bridgehead atoms. The van der Waals surface area contributed by atoms with E-state index in [1.165, 1.54) is 30.1 Å². The van der Waals surface area contributed by atoms with Crippen molar-refractivity contribution in [3.05, 3.63) is 56.2 Å². The first kappa shape index (κ1) is 15.6. The minimum Gasteiger partial charge on any atom is -0.467 e. The lowest BCUT2D eigenvalue weighted by molar-refractivity contribution is -0.0173. The summed E-state index contributed by atoms with van der Waals surface area (Å²) < 4.78 is 28.5. The molecule has 0 unspecified atom stereocenters. The van der Waals surface area contributed by atoms with Crippen LogP contribution in [-0.4, -0.2) is 25.5 Å². The van der Waals surface area contributed by atoms with Crippen LogP contribution < -0.4 is 16.0 Å². The van der Waals surface area contributed by atoms with Crippen LogP contribution in [0.5, 0.6) is 5.75 Å². The zero-order valence-electron chi connectivity index (χ0n) is 13.7. The normalized spacial score (nSPS) is 13.7. The Labute approximate surface area is 140 Å². The molecule has 1 aromatic carbocycles. The van der Waals surface area contributed by atoms with Gasteiger partial charge in [-0.15, -0.1) is 0 Å². The van der Waals surface area contributed by atoms with Gasteiger partial charge >= 0.3 is 5.69 Å². The maximum absolute atomic E-state index is 13.9. The summed E-state index contributed by atoms with van der Waals surface area (Å²) in [5, 5.41) is 0. The highest BCUT2D eigenvalue weighted by molar-refractivity contribution is 5.70. The van der Waals surface area contributed by atoms with E-state index in [2.05, 4.69) is 4.98 Å². The van der Waals surface area contributed by atoms with Crippen LogP contribution in [0.1, 0.15) is 11.1 Å². The molecule has 0 amide bonds. The number of benzene rings is 1. The van der Waals surface area contributed by atoms with Crippen LogP contribution >= 0.6 is 0 Å². The second kappa shape index (κ2) is 5.55. The molecule has 0 N–H and O–H groups in total. The second-order valence-corrected chi connectivity index (χ2v) is 5.91. The van der Waals surface area contributed by atoms with Gasteiger partial charge in [0.25, 0.3) is 5.56 Å². The minimum atomic E-state index is -0.454. The molecule has 3 heterocycles. The predicted molar refractivity (Wildman–Crippen MR) is 86.0 cm³/mol. The monoisotopic (exact) mass is 346 g/mol. The molecule has 0 fully saturated rings. The third-order valence-corrected chi connectivity index (χ3v) is 4.31. The Bertz CT molecular complexity index is 1110. The summed E-state index contributed by atoms with van der Waals surface area (Å²) in [4.78, 5) is 28.7. The van der Waals surface area contributed by atoms with Crippen molar-refractivity contribution < 1.29 is 13.9 Å². The van der Waals surface area contributed by atoms with E-state index < -0.39 is 17.1 Å². The molecule has 1 aliphatic rings. The molecule has 0 aliphatic carbocycles. The number of nitrogens with zero attached hydrogens (tertiary/aromatic N) is 4. The summed E-state index contributed by atoms with van der Waals surface area (Å²) in [7, 11) is 2.96. The van der Waals surface area contributed by atoms with Gasteiger partial charge < -0.3 is 14.0 Å². The van der Waals surface area contributed by atoms with Crippen LogP contribution in [0.4, 0.5) is 4.39 Å². The second-order valence-electron chi connectivity index (χ2n) is 5.91. The van der Waals surface area contributed by atoms with Gasteiger partial charge in [-0.3, -0.25) is 13.9 Å². The smallest absolute Gasteiger partial charge is 0.332 e. The topological polar surface area (TPSA) is 80.3 Å². The summed E-state index contributed by atoms with van der Waals surface area (Å²) in [6.07, 6.45) is 1.46. The van der Waals surface area contributed by atoms with Crippen LogP contribution in [0.3, 0.4) is 0 Å². The highest BCUT2D eigenvalue weighted by Gasteiger charge is 2.20. The van der Waals surface area contributed by atoms with E-state index in [9.17, 15) is 14.0 Å². The molecule has 9 heteroatoms. The Balaban J connectivity index is 1.90. The van der Waals surface area contributed by atoms with Gasteiger partial charge in [0.1, 0.15) is 11.6 Å². The average molecular weight is 346 g/mol. The molecule has 0 atom stereocenters. The number of ether oxygens (including phenoxy) is 2. The first-order valence-corrected chi connectivity index (χ1v) is 7.60. The highest BCUT2D eigenvalue weighted by Crippen LogP contribution is 2.30. The van der Waals surface area contributed by atoms with Gasteiger partial charge in [-0.1, -0.05) is 0 Å². The van der Waals surface area contributed by atoms with E-state index >= 15 is 0 Å². The lowest BCUT2D eigenvalue weighted by Crippen LogP contribution is -2.37. The zero-order valence-corrected chi connectivity index (χ0v) is 13.7. The average Bonchev–Trinajstić information content (AvgIpc) is 3.01. The van der Waals surface area contributed by atoms with Gasteiger partial charge in [0.2, 0.25) is 0 Å². The molecule has 0 spiro atoms. The summed E-state index contributed by atoms with van der Waals surface area (Å²) in [6, 6.07) is 2.73. The number of aromatic nitrogens is 4. The van der Waals surface area contributed by atoms with Crippen molar-refractivity contribution in [3.8, 4) is 5.75 Å². The van der Waals surface area contributed by atoms with Crippen LogP contribution in [-0.2, 0) is 32.0 Å².